The van der Waals surface area contributed by atoms with Crippen LogP contribution in [0.25, 0.3) is 0 Å². The molecule has 20 heteroatoms. The molecule has 3 heterocycles. The number of hydrogen-bond acceptors (Lipinski definition) is 13. The maximum Gasteiger partial charge on any atom is 1.00 e. The van der Waals surface area contributed by atoms with Gasteiger partial charge in [0.1, 0.15) is 32.7 Å². The molecule has 86 heavy (non-hydrogen) atoms. The van der Waals surface area contributed by atoms with Gasteiger partial charge >= 0.3 is 59.1 Å². The summed E-state index contributed by atoms with van der Waals surface area (Å²) < 4.78 is 34.5. The van der Waals surface area contributed by atoms with Gasteiger partial charge in [0, 0.05) is 50.5 Å². The molecule has 10 aliphatic carbocycles. The van der Waals surface area contributed by atoms with Gasteiger partial charge in [-0.1, -0.05) is 76.5 Å². The molecule has 16 nitrogen and oxygen atoms in total. The second-order valence-electron chi connectivity index (χ2n) is 29.1. The molecule has 0 saturated heterocycles. The molecule has 7 saturated carbocycles. The van der Waals surface area contributed by atoms with Crippen LogP contribution in [0.2, 0.25) is 0 Å². The summed E-state index contributed by atoms with van der Waals surface area (Å²) in [6, 6.07) is 0. The number of nitrogens with one attached hydrogen (secondary N) is 3. The van der Waals surface area contributed by atoms with Crippen LogP contribution in [0.5, 0.6) is 0 Å². The van der Waals surface area contributed by atoms with Gasteiger partial charge in [0.05, 0.1) is 30.8 Å². The standard InChI is InChI=1S/C22H32N2O2.C22H34N2O2.C22H30N2O2.B.IO4.2Na.H/c1-4-13-5-6-14-18-15(7-8-21(13,14)2)22(3)10-12-11-23-24-17(12)9-16(22)19(25)20(18)26;2*1-4-15-5-6-18-17(13-26)19(7-8-21(15,18)2)22(3)10-14-11-23-24-20(14)9-16(22)12-25;;2-1(3,4)5;;;/h4,11,14-16,18-20,25-26H,5-10H2,1-3H3,(H,23,24);4,11,16-19,25-26H,5-10,12-13H2,1-3H3,(H,23,24);4,11-13,16-19H,5-10H2,1-3H3,(H,23,24);;;;;/q;;;;-1;2*+1;-1/b13-4+;2*15-4+;;;;;/t14-,15-,16+,18-,19+,20+,21+,22+;2*16-,17+,18+,19+,21-,22+;;;;;/m011...../s1. The van der Waals surface area contributed by atoms with Crippen LogP contribution in [-0.2, 0) is 48.1 Å². The van der Waals surface area contributed by atoms with E-state index in [1.807, 2.05) is 18.6 Å². The van der Waals surface area contributed by atoms with E-state index >= 15 is 0 Å². The molecular weight excluding hydrogens is 1220 g/mol. The maximum absolute atomic E-state index is 12.3. The van der Waals surface area contributed by atoms with Crippen molar-refractivity contribution in [1.82, 2.24) is 30.6 Å². The zero-order valence-corrected chi connectivity index (χ0v) is 59.5. The maximum atomic E-state index is 12.3. The number of fused-ring (bicyclic) bond motifs is 10. The first-order valence-electron chi connectivity index (χ1n) is 31.5. The number of H-pyrrole nitrogens is 3. The number of carbonyl (C=O) groups excluding carboxylic acids is 2. The van der Waals surface area contributed by atoms with Crippen molar-refractivity contribution >= 4 is 21.0 Å². The number of aromatic nitrogens is 6. The van der Waals surface area contributed by atoms with Crippen LogP contribution in [0, 0.1) is 104 Å². The molecule has 0 spiro atoms. The predicted molar refractivity (Wildman–Crippen MR) is 310 cm³/mol. The van der Waals surface area contributed by atoms with Crippen molar-refractivity contribution in [2.24, 2.45) is 104 Å². The van der Waals surface area contributed by atoms with Gasteiger partial charge in [-0.05, 0) is 245 Å². The van der Waals surface area contributed by atoms with Crippen molar-refractivity contribution in [2.45, 2.75) is 190 Å². The van der Waals surface area contributed by atoms with Gasteiger partial charge in [-0.15, -0.1) is 0 Å². The Morgan fingerprint density at radius 2 is 0.977 bits per heavy atom. The van der Waals surface area contributed by atoms with E-state index in [-0.39, 0.29) is 150 Å². The number of halogens is 1. The predicted octanol–water partition coefficient (Wildman–Crippen LogP) is -3.34. The number of allylic oxidation sites excluding steroid dienone is 6. The van der Waals surface area contributed by atoms with Crippen LogP contribution in [0.1, 0.15) is 175 Å². The second-order valence-corrected chi connectivity index (χ2v) is 31.2. The summed E-state index contributed by atoms with van der Waals surface area (Å²) in [7, 11) is 0. The van der Waals surface area contributed by atoms with Crippen LogP contribution in [0.15, 0.2) is 53.5 Å². The van der Waals surface area contributed by atoms with Crippen LogP contribution in [0.4, 0.5) is 0 Å². The molecule has 0 aromatic carbocycles. The summed E-state index contributed by atoms with van der Waals surface area (Å²) in [5.41, 5.74) is 12.6. The summed E-state index contributed by atoms with van der Waals surface area (Å²) in [6.45, 7) is 21.2. The smallest absolute Gasteiger partial charge is 1.00 e. The summed E-state index contributed by atoms with van der Waals surface area (Å²) >= 11 is -5.94. The largest absolute Gasteiger partial charge is 1.00 e. The zero-order chi connectivity index (χ0) is 59.8. The van der Waals surface area contributed by atoms with Gasteiger partial charge in [0.25, 0.3) is 0 Å². The van der Waals surface area contributed by atoms with Gasteiger partial charge in [0.15, 0.2) is 0 Å². The number of rotatable bonds is 6. The van der Waals surface area contributed by atoms with Crippen LogP contribution < -0.4 is 93.0 Å². The Labute approximate surface area is 565 Å². The third-order valence-electron chi connectivity index (χ3n) is 26.2. The molecule has 0 aliphatic heterocycles. The SMILES string of the molecule is C/C=C1\CC[C@H]2[C@@H]3[C@@H](O)[C@H](O)[C@H]4Cc5[nH]ncc5C[C@]4(C)[C@H]3CC[C@]12C.C/C=C1\CC[C@H]2[C@H](C=O)[C@@H]([C@@]3(C)Cc4cn[nH]c4C[C@@H]3C=O)CC[C@]12C.C/C=C1\CC[C@H]2[C@H](CO)[C@@H]([C@@]3(C)Cc4cn[nH]c4C[C@@H]3CO)CC[C@]12C.[B].[H-].[Na+].[Na+].[O-][I+3]([O-])([O-])[O-]. The molecule has 3 aromatic heterocycles. The molecule has 20 atom stereocenters. The Morgan fingerprint density at radius 1 is 0.547 bits per heavy atom. The minimum Gasteiger partial charge on any atom is -1.00 e. The number of aliphatic hydroxyl groups excluding tert-OH is 4. The Hall–Kier alpha value is -1.34. The summed E-state index contributed by atoms with van der Waals surface area (Å²) in [5, 5.41) is 65.0. The van der Waals surface area contributed by atoms with Gasteiger partial charge in [0.2, 0.25) is 0 Å². The van der Waals surface area contributed by atoms with E-state index in [9.17, 15) is 30.0 Å². The van der Waals surface area contributed by atoms with Crippen LogP contribution >= 0.6 is 0 Å². The van der Waals surface area contributed by atoms with Gasteiger partial charge in [-0.2, -0.15) is 15.3 Å². The number of aliphatic hydroxyl groups is 4. The Balaban J connectivity index is 0.000000196. The van der Waals surface area contributed by atoms with Gasteiger partial charge in [-0.25, -0.2) is 0 Å². The number of hydrogen-bond donors (Lipinski definition) is 7. The second kappa shape index (κ2) is 27.7. The molecule has 463 valence electrons. The number of aromatic amines is 3. The van der Waals surface area contributed by atoms with Crippen molar-refractivity contribution < 1.29 is 124 Å². The fourth-order valence-electron chi connectivity index (χ4n) is 21.6. The number of nitrogens with zero attached hydrogens (tertiary/aromatic N) is 3. The number of carbonyl (C=O) groups is 2. The molecule has 10 aliphatic rings. The average Bonchev–Trinajstić information content (AvgIpc) is 1.71. The number of aldehydes is 2. The summed E-state index contributed by atoms with van der Waals surface area (Å²) in [6.07, 6.45) is 33.0. The average molecular weight is 1320 g/mol. The monoisotopic (exact) mass is 1320 g/mol. The molecule has 13 rings (SSSR count). The Bertz CT molecular complexity index is 2920. The first-order valence-corrected chi connectivity index (χ1v) is 35.0. The quantitative estimate of drug-likeness (QED) is 0.0551. The normalized spacial score (nSPS) is 42.8. The van der Waals surface area contributed by atoms with Crippen molar-refractivity contribution in [3.63, 3.8) is 0 Å². The van der Waals surface area contributed by atoms with Crippen LogP contribution in [0.3, 0.4) is 0 Å². The minimum atomic E-state index is -5.94. The third-order valence-corrected chi connectivity index (χ3v) is 26.2. The van der Waals surface area contributed by atoms with Crippen molar-refractivity contribution in [2.75, 3.05) is 13.2 Å². The molecule has 0 bridgehead atoms. The summed E-state index contributed by atoms with van der Waals surface area (Å²) in [5.74, 6) is 3.62. The fraction of sp³-hybridized carbons (Fsp3) is 0.742. The topological polar surface area (TPSA) is 293 Å². The van der Waals surface area contributed by atoms with E-state index in [4.69, 9.17) is 13.7 Å². The summed E-state index contributed by atoms with van der Waals surface area (Å²) in [4.78, 5) is 24.3. The molecular formula is C66H97BIN6Na2O10. The fourth-order valence-corrected chi connectivity index (χ4v) is 21.6. The van der Waals surface area contributed by atoms with Gasteiger partial charge < -0.3 is 31.4 Å². The van der Waals surface area contributed by atoms with Crippen molar-refractivity contribution in [1.29, 1.82) is 0 Å². The van der Waals surface area contributed by atoms with Crippen LogP contribution in [-0.4, -0.2) is 97.4 Å². The molecule has 0 amide bonds. The molecule has 0 unspecified atom stereocenters. The zero-order valence-electron chi connectivity index (χ0n) is 54.4. The van der Waals surface area contributed by atoms with Gasteiger partial charge in [-0.3, -0.25) is 29.0 Å². The molecule has 3 radical (unpaired) electrons. The van der Waals surface area contributed by atoms with Crippen molar-refractivity contribution in [3.8, 4) is 0 Å². The minimum absolute atomic E-state index is 0. The molecule has 3 aromatic rings. The molecule has 7 N–H and O–H groups in total. The molecule has 7 fully saturated rings. The first kappa shape index (κ1) is 72.1. The van der Waals surface area contributed by atoms with E-state index in [1.165, 1.54) is 72.8 Å². The Morgan fingerprint density at radius 3 is 1.47 bits per heavy atom. The Kier molecular flexibility index (Phi) is 23.2. The van der Waals surface area contributed by atoms with E-state index in [2.05, 4.69) is 111 Å². The van der Waals surface area contributed by atoms with Crippen molar-refractivity contribution in [3.05, 3.63) is 87.3 Å². The van der Waals surface area contributed by atoms with E-state index in [0.29, 0.717) is 35.5 Å². The van der Waals surface area contributed by atoms with E-state index in [0.717, 1.165) is 94.7 Å². The van der Waals surface area contributed by atoms with E-state index < -0.39 is 32.3 Å². The van der Waals surface area contributed by atoms with E-state index in [1.54, 1.807) is 11.1 Å². The first-order chi connectivity index (χ1) is 39.3. The third kappa shape index (κ3) is 12.4.